The summed E-state index contributed by atoms with van der Waals surface area (Å²) in [5, 5.41) is 3.54. The second kappa shape index (κ2) is 5.85. The van der Waals surface area contributed by atoms with Gasteiger partial charge in [0.15, 0.2) is 11.5 Å². The van der Waals surface area contributed by atoms with Crippen LogP contribution >= 0.6 is 11.8 Å². The van der Waals surface area contributed by atoms with E-state index in [0.717, 1.165) is 30.5 Å². The highest BCUT2D eigenvalue weighted by molar-refractivity contribution is 7.99. The summed E-state index contributed by atoms with van der Waals surface area (Å²) >= 11 is 2.07. The van der Waals surface area contributed by atoms with Crippen molar-refractivity contribution in [1.29, 1.82) is 0 Å². The molecule has 0 aromatic heterocycles. The lowest BCUT2D eigenvalue weighted by molar-refractivity contribution is 0.171. The maximum absolute atomic E-state index is 5.59. The zero-order valence-corrected chi connectivity index (χ0v) is 11.3. The van der Waals surface area contributed by atoms with Gasteiger partial charge in [-0.15, -0.1) is 0 Å². The number of ether oxygens (including phenoxy) is 2. The van der Waals surface area contributed by atoms with E-state index in [1.807, 2.05) is 6.07 Å². The van der Waals surface area contributed by atoms with Crippen LogP contribution < -0.4 is 14.8 Å². The Morgan fingerprint density at radius 3 is 2.94 bits per heavy atom. The molecule has 1 aromatic carbocycles. The van der Waals surface area contributed by atoms with Crippen LogP contribution in [-0.2, 0) is 6.54 Å². The molecule has 2 aliphatic rings. The predicted octanol–water partition coefficient (Wildman–Crippen LogP) is 2.30. The normalized spacial score (nSPS) is 22.1. The second-order valence-corrected chi connectivity index (χ2v) is 5.99. The molecule has 1 N–H and O–H groups in total. The molecule has 4 heteroatoms. The van der Waals surface area contributed by atoms with Crippen LogP contribution in [0, 0.1) is 5.92 Å². The van der Waals surface area contributed by atoms with Crippen molar-refractivity contribution in [1.82, 2.24) is 5.32 Å². The van der Waals surface area contributed by atoms with Gasteiger partial charge in [0, 0.05) is 6.54 Å². The van der Waals surface area contributed by atoms with Crippen molar-refractivity contribution in [2.45, 2.75) is 13.0 Å². The summed E-state index contributed by atoms with van der Waals surface area (Å²) in [4.78, 5) is 0. The Morgan fingerprint density at radius 1 is 1.22 bits per heavy atom. The Balaban J connectivity index is 1.52. The predicted molar refractivity (Wildman–Crippen MR) is 74.6 cm³/mol. The first kappa shape index (κ1) is 12.2. The zero-order valence-electron chi connectivity index (χ0n) is 10.5. The Hall–Kier alpha value is -0.870. The molecule has 0 bridgehead atoms. The number of hydrogen-bond donors (Lipinski definition) is 1. The van der Waals surface area contributed by atoms with Gasteiger partial charge < -0.3 is 14.8 Å². The Labute approximate surface area is 112 Å². The number of hydrogen-bond acceptors (Lipinski definition) is 4. The first-order valence-electron chi connectivity index (χ1n) is 6.59. The Kier molecular flexibility index (Phi) is 3.96. The van der Waals surface area contributed by atoms with Crippen molar-refractivity contribution in [3.63, 3.8) is 0 Å². The van der Waals surface area contributed by atoms with Gasteiger partial charge in [0.25, 0.3) is 0 Å². The molecule has 1 unspecified atom stereocenters. The van der Waals surface area contributed by atoms with Crippen molar-refractivity contribution in [3.05, 3.63) is 23.8 Å². The zero-order chi connectivity index (χ0) is 12.2. The third kappa shape index (κ3) is 2.93. The minimum Gasteiger partial charge on any atom is -0.486 e. The molecule has 0 spiro atoms. The third-order valence-corrected chi connectivity index (χ3v) is 4.62. The second-order valence-electron chi connectivity index (χ2n) is 4.84. The van der Waals surface area contributed by atoms with Gasteiger partial charge in [-0.25, -0.2) is 0 Å². The van der Waals surface area contributed by atoms with Gasteiger partial charge in [-0.1, -0.05) is 6.07 Å². The molecule has 18 heavy (non-hydrogen) atoms. The van der Waals surface area contributed by atoms with Crippen LogP contribution in [0.4, 0.5) is 0 Å². The summed E-state index contributed by atoms with van der Waals surface area (Å²) < 4.78 is 11.1. The summed E-state index contributed by atoms with van der Waals surface area (Å²) in [7, 11) is 0. The summed E-state index contributed by atoms with van der Waals surface area (Å²) in [6.45, 7) is 3.35. The highest BCUT2D eigenvalue weighted by Crippen LogP contribution is 2.30. The molecular formula is C14H19NO2S. The molecule has 0 saturated carbocycles. The van der Waals surface area contributed by atoms with Gasteiger partial charge in [0.1, 0.15) is 13.2 Å². The standard InChI is InChI=1S/C14H19NO2S/c1-2-13-14(17-5-4-16-13)7-11(1)8-15-9-12-3-6-18-10-12/h1-2,7,12,15H,3-6,8-10H2. The van der Waals surface area contributed by atoms with Crippen LogP contribution in [0.15, 0.2) is 18.2 Å². The topological polar surface area (TPSA) is 30.5 Å². The summed E-state index contributed by atoms with van der Waals surface area (Å²) in [6, 6.07) is 6.21. The molecule has 3 rings (SSSR count). The van der Waals surface area contributed by atoms with Crippen molar-refractivity contribution < 1.29 is 9.47 Å². The van der Waals surface area contributed by atoms with Gasteiger partial charge in [-0.3, -0.25) is 0 Å². The lowest BCUT2D eigenvalue weighted by Gasteiger charge is -2.19. The third-order valence-electron chi connectivity index (χ3n) is 3.39. The first-order valence-corrected chi connectivity index (χ1v) is 7.74. The summed E-state index contributed by atoms with van der Waals surface area (Å²) in [6.07, 6.45) is 1.36. The molecule has 1 aromatic rings. The molecule has 98 valence electrons. The van der Waals surface area contributed by atoms with E-state index in [0.29, 0.717) is 13.2 Å². The molecular weight excluding hydrogens is 246 g/mol. The van der Waals surface area contributed by atoms with Crippen LogP contribution in [-0.4, -0.2) is 31.3 Å². The lowest BCUT2D eigenvalue weighted by atomic mass is 10.1. The molecule has 0 radical (unpaired) electrons. The molecule has 0 aliphatic carbocycles. The average Bonchev–Trinajstić information content (AvgIpc) is 2.92. The van der Waals surface area contributed by atoms with E-state index in [9.17, 15) is 0 Å². The van der Waals surface area contributed by atoms with Gasteiger partial charge in [0.05, 0.1) is 0 Å². The lowest BCUT2D eigenvalue weighted by Crippen LogP contribution is -2.22. The fourth-order valence-electron chi connectivity index (χ4n) is 2.36. The molecule has 1 atom stereocenters. The van der Waals surface area contributed by atoms with E-state index < -0.39 is 0 Å². The maximum atomic E-state index is 5.59. The number of thioether (sulfide) groups is 1. The van der Waals surface area contributed by atoms with E-state index in [-0.39, 0.29) is 0 Å². The van der Waals surface area contributed by atoms with E-state index in [1.54, 1.807) is 0 Å². The molecule has 0 amide bonds. The Bertz CT molecular complexity index is 405. The monoisotopic (exact) mass is 265 g/mol. The van der Waals surface area contributed by atoms with Crippen LogP contribution in [0.5, 0.6) is 11.5 Å². The molecule has 2 heterocycles. The van der Waals surface area contributed by atoms with E-state index >= 15 is 0 Å². The van der Waals surface area contributed by atoms with Crippen molar-refractivity contribution in [3.8, 4) is 11.5 Å². The van der Waals surface area contributed by atoms with Crippen molar-refractivity contribution in [2.75, 3.05) is 31.3 Å². The smallest absolute Gasteiger partial charge is 0.161 e. The van der Waals surface area contributed by atoms with Gasteiger partial charge in [0.2, 0.25) is 0 Å². The Morgan fingerprint density at radius 2 is 2.11 bits per heavy atom. The summed E-state index contributed by atoms with van der Waals surface area (Å²) in [5.41, 5.74) is 1.27. The van der Waals surface area contributed by atoms with E-state index in [2.05, 4.69) is 29.2 Å². The van der Waals surface area contributed by atoms with E-state index in [4.69, 9.17) is 9.47 Å². The SMILES string of the molecule is c1cc2c(cc1CNCC1CCSC1)OCCO2. The van der Waals surface area contributed by atoms with Gasteiger partial charge >= 0.3 is 0 Å². The highest BCUT2D eigenvalue weighted by atomic mass is 32.2. The van der Waals surface area contributed by atoms with Crippen molar-refractivity contribution in [2.24, 2.45) is 5.92 Å². The highest BCUT2D eigenvalue weighted by Gasteiger charge is 2.15. The van der Waals surface area contributed by atoms with E-state index in [1.165, 1.54) is 23.5 Å². The fourth-order valence-corrected chi connectivity index (χ4v) is 3.65. The van der Waals surface area contributed by atoms with Crippen LogP contribution in [0.25, 0.3) is 0 Å². The molecule has 3 nitrogen and oxygen atoms in total. The largest absolute Gasteiger partial charge is 0.486 e. The number of rotatable bonds is 4. The number of nitrogens with one attached hydrogen (secondary N) is 1. The fraction of sp³-hybridized carbons (Fsp3) is 0.571. The molecule has 1 saturated heterocycles. The van der Waals surface area contributed by atoms with Crippen LogP contribution in [0.2, 0.25) is 0 Å². The van der Waals surface area contributed by atoms with Crippen LogP contribution in [0.3, 0.4) is 0 Å². The maximum Gasteiger partial charge on any atom is 0.161 e. The molecule has 1 fully saturated rings. The average molecular weight is 265 g/mol. The minimum absolute atomic E-state index is 0.656. The molecule has 2 aliphatic heterocycles. The first-order chi connectivity index (χ1) is 8.92. The number of fused-ring (bicyclic) bond motifs is 1. The van der Waals surface area contributed by atoms with Crippen LogP contribution in [0.1, 0.15) is 12.0 Å². The summed E-state index contributed by atoms with van der Waals surface area (Å²) in [5.74, 6) is 5.26. The quantitative estimate of drug-likeness (QED) is 0.905. The van der Waals surface area contributed by atoms with Crippen molar-refractivity contribution >= 4 is 11.8 Å². The van der Waals surface area contributed by atoms with Gasteiger partial charge in [-0.2, -0.15) is 11.8 Å². The van der Waals surface area contributed by atoms with Gasteiger partial charge in [-0.05, 0) is 48.1 Å². The number of benzene rings is 1. The minimum atomic E-state index is 0.656.